The van der Waals surface area contributed by atoms with Gasteiger partial charge in [0.05, 0.1) is 0 Å². The van der Waals surface area contributed by atoms with E-state index in [0.29, 0.717) is 0 Å². The average molecular weight is 277 g/mol. The molecule has 0 bridgehead atoms. The van der Waals surface area contributed by atoms with Gasteiger partial charge in [-0.15, -0.1) is 0 Å². The van der Waals surface area contributed by atoms with Gasteiger partial charge in [0.2, 0.25) is 0 Å². The molecular formula is C18H19N3. The number of rotatable bonds is 0. The van der Waals surface area contributed by atoms with Gasteiger partial charge in [-0.3, -0.25) is 9.97 Å². The summed E-state index contributed by atoms with van der Waals surface area (Å²) in [7, 11) is 0. The molecule has 0 radical (unpaired) electrons. The quantitative estimate of drug-likeness (QED) is 0.768. The lowest BCUT2D eigenvalue weighted by atomic mass is 10.5. The number of nitrogens with zero attached hydrogens (tertiary/aromatic N) is 2. The molecule has 106 valence electrons. The van der Waals surface area contributed by atoms with Crippen LogP contribution in [0.5, 0.6) is 0 Å². The molecule has 0 aromatic carbocycles. The Morgan fingerprint density at radius 2 is 0.714 bits per heavy atom. The van der Waals surface area contributed by atoms with Crippen LogP contribution in [0.4, 0.5) is 0 Å². The lowest BCUT2D eigenvalue weighted by Gasteiger charge is -1.70. The maximum Gasteiger partial charge on any atom is 0.0267 e. The summed E-state index contributed by atoms with van der Waals surface area (Å²) in [4.78, 5) is 11.2. The molecule has 0 saturated heterocycles. The van der Waals surface area contributed by atoms with E-state index in [1.165, 1.54) is 0 Å². The minimum Gasteiger partial charge on any atom is -0.368 e. The van der Waals surface area contributed by atoms with Crippen molar-refractivity contribution in [2.45, 2.75) is 0 Å². The first-order valence-corrected chi connectivity index (χ1v) is 6.61. The van der Waals surface area contributed by atoms with E-state index in [1.54, 1.807) is 24.8 Å². The summed E-state index contributed by atoms with van der Waals surface area (Å²) in [6, 6.07) is 22.7. The highest BCUT2D eigenvalue weighted by atomic mass is 14.6. The number of H-pyrrole nitrogens is 1. The van der Waals surface area contributed by atoms with Crippen molar-refractivity contribution in [1.29, 1.82) is 0 Å². The smallest absolute Gasteiger partial charge is 0.0267 e. The number of nitrogens with one attached hydrogen (secondary N) is 1. The molecule has 0 amide bonds. The van der Waals surface area contributed by atoms with Gasteiger partial charge in [-0.2, -0.15) is 0 Å². The summed E-state index contributed by atoms with van der Waals surface area (Å²) in [5.41, 5.74) is 0. The van der Waals surface area contributed by atoms with Gasteiger partial charge in [-0.05, 0) is 36.4 Å². The third-order valence-electron chi connectivity index (χ3n) is 2.07. The zero-order valence-corrected chi connectivity index (χ0v) is 11.8. The Kier molecular flexibility index (Phi) is 10.4. The van der Waals surface area contributed by atoms with Gasteiger partial charge in [0.1, 0.15) is 0 Å². The summed E-state index contributed by atoms with van der Waals surface area (Å²) in [5, 5.41) is 0. The molecule has 1 heterocycles. The molecule has 0 saturated carbocycles. The Balaban J connectivity index is 3.01. The lowest BCUT2D eigenvalue weighted by molar-refractivity contribution is 1.34. The van der Waals surface area contributed by atoms with Gasteiger partial charge in [0, 0.05) is 37.2 Å². The maximum absolute atomic E-state index is 4.09. The number of aromatic amines is 1. The van der Waals surface area contributed by atoms with E-state index in [9.17, 15) is 0 Å². The summed E-state index contributed by atoms with van der Waals surface area (Å²) < 4.78 is 0. The fraction of sp³-hybridized carbons (Fsp3) is 0. The van der Waals surface area contributed by atoms with Crippen LogP contribution in [0.3, 0.4) is 0 Å². The first-order chi connectivity index (χ1) is 10.5. The van der Waals surface area contributed by atoms with E-state index < -0.39 is 0 Å². The molecule has 1 rings (SSSR count). The summed E-state index contributed by atoms with van der Waals surface area (Å²) in [6.07, 6.45) is 10.6. The van der Waals surface area contributed by atoms with Crippen molar-refractivity contribution in [2.75, 3.05) is 0 Å². The van der Waals surface area contributed by atoms with Gasteiger partial charge in [0.25, 0.3) is 0 Å². The number of hydrogen-bond donors (Lipinski definition) is 1. The minimum absolute atomic E-state index is 1.71. The molecule has 21 heavy (non-hydrogen) atoms. The van der Waals surface area contributed by atoms with Crippen molar-refractivity contribution in [3.8, 4) is 0 Å². The Morgan fingerprint density at radius 1 is 0.381 bits per heavy atom. The van der Waals surface area contributed by atoms with Crippen LogP contribution in [0.25, 0.3) is 0 Å². The van der Waals surface area contributed by atoms with Gasteiger partial charge in [-0.1, -0.05) is 36.4 Å². The summed E-state index contributed by atoms with van der Waals surface area (Å²) >= 11 is 0. The average Bonchev–Trinajstić information content (AvgIpc) is 2.50. The van der Waals surface area contributed by atoms with Crippen LogP contribution < -0.4 is 0 Å². The molecule has 0 unspecified atom stereocenters. The largest absolute Gasteiger partial charge is 0.368 e. The Hall–Kier alpha value is -2.94. The predicted octanol–water partition coefficient (Wildman–Crippen LogP) is 4.30. The zero-order valence-electron chi connectivity index (χ0n) is 11.8. The fourth-order valence-corrected chi connectivity index (χ4v) is 1.16. The van der Waals surface area contributed by atoms with Crippen LogP contribution in [0, 0.1) is 0 Å². The summed E-state index contributed by atoms with van der Waals surface area (Å²) in [5.74, 6) is 0. The highest BCUT2D eigenvalue weighted by molar-refractivity contribution is 4.92. The SMILES string of the molecule is c1cccc[nH]cccccncccccnccc1. The molecule has 0 atom stereocenters. The van der Waals surface area contributed by atoms with Gasteiger partial charge < -0.3 is 4.98 Å². The van der Waals surface area contributed by atoms with Crippen molar-refractivity contribution in [1.82, 2.24) is 15.0 Å². The Morgan fingerprint density at radius 3 is 1.24 bits per heavy atom. The van der Waals surface area contributed by atoms with Crippen molar-refractivity contribution in [2.24, 2.45) is 0 Å². The van der Waals surface area contributed by atoms with Crippen LogP contribution in [-0.2, 0) is 0 Å². The molecule has 3 heteroatoms. The van der Waals surface area contributed by atoms with E-state index in [0.717, 1.165) is 0 Å². The van der Waals surface area contributed by atoms with Crippen molar-refractivity contribution < 1.29 is 0 Å². The normalized spacial score (nSPS) is 8.00. The second-order valence-electron chi connectivity index (χ2n) is 3.70. The highest BCUT2D eigenvalue weighted by Gasteiger charge is 1.59. The molecule has 1 aromatic rings. The molecule has 0 fully saturated rings. The third-order valence-corrected chi connectivity index (χ3v) is 2.07. The Labute approximate surface area is 125 Å². The van der Waals surface area contributed by atoms with Crippen LogP contribution in [0.2, 0.25) is 0 Å². The monoisotopic (exact) mass is 277 g/mol. The van der Waals surface area contributed by atoms with Crippen LogP contribution in [-0.4, -0.2) is 15.0 Å². The van der Waals surface area contributed by atoms with Gasteiger partial charge >= 0.3 is 0 Å². The van der Waals surface area contributed by atoms with Gasteiger partial charge in [-0.25, -0.2) is 0 Å². The van der Waals surface area contributed by atoms with Crippen LogP contribution in [0.15, 0.2) is 110 Å². The van der Waals surface area contributed by atoms with Crippen molar-refractivity contribution >= 4 is 0 Å². The van der Waals surface area contributed by atoms with E-state index in [4.69, 9.17) is 0 Å². The molecule has 1 N–H and O–H groups in total. The highest BCUT2D eigenvalue weighted by Crippen LogP contribution is 1.76. The molecule has 0 aliphatic carbocycles. The van der Waals surface area contributed by atoms with E-state index >= 15 is 0 Å². The molecule has 1 aromatic heterocycles. The summed E-state index contributed by atoms with van der Waals surface area (Å²) in [6.45, 7) is 0. The first kappa shape index (κ1) is 16.1. The molecular weight excluding hydrogens is 258 g/mol. The third kappa shape index (κ3) is 11.9. The lowest BCUT2D eigenvalue weighted by Crippen LogP contribution is -1.57. The topological polar surface area (TPSA) is 41.6 Å². The first-order valence-electron chi connectivity index (χ1n) is 6.61. The maximum atomic E-state index is 4.09. The Bertz CT molecular complexity index is 364. The van der Waals surface area contributed by atoms with E-state index in [1.807, 2.05) is 85.2 Å². The molecule has 0 aliphatic heterocycles. The van der Waals surface area contributed by atoms with E-state index in [-0.39, 0.29) is 0 Å². The minimum atomic E-state index is 1.71. The molecule has 0 spiro atoms. The van der Waals surface area contributed by atoms with E-state index in [2.05, 4.69) is 15.0 Å². The number of aromatic nitrogens is 3. The molecule has 0 aliphatic rings. The van der Waals surface area contributed by atoms with Gasteiger partial charge in [0.15, 0.2) is 0 Å². The van der Waals surface area contributed by atoms with Crippen LogP contribution >= 0.6 is 0 Å². The second-order valence-corrected chi connectivity index (χ2v) is 3.70. The molecule has 3 nitrogen and oxygen atoms in total. The van der Waals surface area contributed by atoms with Crippen molar-refractivity contribution in [3.63, 3.8) is 0 Å². The van der Waals surface area contributed by atoms with Crippen LogP contribution in [0.1, 0.15) is 0 Å². The number of hydrogen-bond acceptors (Lipinski definition) is 2. The second kappa shape index (κ2) is 13.5. The zero-order chi connectivity index (χ0) is 14.8. The predicted molar refractivity (Wildman–Crippen MR) is 86.9 cm³/mol. The standard InChI is InChI=1S/C18H19N3/c1-2-4-8-14-20-16-10-6-12-18-21-17-11-5-9-15-19-13-7-3-1/h1-19H. The fourth-order valence-electron chi connectivity index (χ4n) is 1.16. The van der Waals surface area contributed by atoms with Crippen molar-refractivity contribution in [3.05, 3.63) is 110 Å².